The fraction of sp³-hybridized carbons (Fsp3) is 0.583. The molecule has 1 fully saturated rings. The quantitative estimate of drug-likeness (QED) is 0.844. The molecule has 7 heteroatoms. The molecule has 2 N–H and O–H groups in total. The Hall–Kier alpha value is -0.920. The van der Waals surface area contributed by atoms with E-state index in [0.717, 1.165) is 17.8 Å². The van der Waals surface area contributed by atoms with Crippen LogP contribution in [-0.2, 0) is 10.0 Å². The topological polar surface area (TPSA) is 83.5 Å². The van der Waals surface area contributed by atoms with E-state index in [1.807, 2.05) is 0 Å². The number of rotatable bonds is 6. The van der Waals surface area contributed by atoms with Gasteiger partial charge in [-0.25, -0.2) is 17.9 Å². The van der Waals surface area contributed by atoms with Crippen molar-refractivity contribution in [1.82, 2.24) is 4.72 Å². The minimum Gasteiger partial charge on any atom is -0.477 e. The third-order valence-corrected chi connectivity index (χ3v) is 6.31. The summed E-state index contributed by atoms with van der Waals surface area (Å²) in [4.78, 5) is 10.8. The van der Waals surface area contributed by atoms with Gasteiger partial charge in [0.2, 0.25) is 10.0 Å². The molecule has 0 unspecified atom stereocenters. The van der Waals surface area contributed by atoms with Crippen molar-refractivity contribution in [2.75, 3.05) is 6.54 Å². The van der Waals surface area contributed by atoms with Crippen LogP contribution in [0.4, 0.5) is 0 Å². The highest BCUT2D eigenvalue weighted by Crippen LogP contribution is 2.30. The van der Waals surface area contributed by atoms with Gasteiger partial charge < -0.3 is 5.11 Å². The van der Waals surface area contributed by atoms with Crippen LogP contribution >= 0.6 is 11.3 Å². The standard InChI is InChI=1S/C12H17NO4S2/c1-8-7-18-10(12(14)15)11(8)19(16,17)13-6-5-9-3-2-4-9/h7,9,13H,2-6H2,1H3,(H,14,15). The Morgan fingerprint density at radius 3 is 2.74 bits per heavy atom. The Morgan fingerprint density at radius 2 is 2.21 bits per heavy atom. The predicted molar refractivity (Wildman–Crippen MR) is 73.2 cm³/mol. The second-order valence-electron chi connectivity index (χ2n) is 4.87. The summed E-state index contributed by atoms with van der Waals surface area (Å²) >= 11 is 0.948. The number of thiophene rings is 1. The Bertz CT molecular complexity index is 573. The zero-order valence-electron chi connectivity index (χ0n) is 10.7. The summed E-state index contributed by atoms with van der Waals surface area (Å²) in [6.45, 7) is 1.99. The molecule has 0 amide bonds. The third kappa shape index (κ3) is 3.16. The van der Waals surface area contributed by atoms with Gasteiger partial charge in [-0.05, 0) is 30.2 Å². The Labute approximate surface area is 116 Å². The molecule has 1 aromatic heterocycles. The molecule has 0 bridgehead atoms. The van der Waals surface area contributed by atoms with Gasteiger partial charge in [0.1, 0.15) is 9.77 Å². The molecule has 1 heterocycles. The molecule has 1 aromatic rings. The molecule has 0 aromatic carbocycles. The molecule has 0 spiro atoms. The first-order chi connectivity index (χ1) is 8.92. The molecule has 1 saturated carbocycles. The molecular formula is C12H17NO4S2. The molecule has 0 aliphatic heterocycles. The number of nitrogens with one attached hydrogen (secondary N) is 1. The summed E-state index contributed by atoms with van der Waals surface area (Å²) in [6, 6.07) is 0. The second-order valence-corrected chi connectivity index (χ2v) is 7.45. The second kappa shape index (κ2) is 5.60. The summed E-state index contributed by atoms with van der Waals surface area (Å²) in [5, 5.41) is 10.6. The average Bonchev–Trinajstić information content (AvgIpc) is 2.65. The molecule has 2 rings (SSSR count). The van der Waals surface area contributed by atoms with E-state index in [1.165, 1.54) is 19.3 Å². The zero-order valence-corrected chi connectivity index (χ0v) is 12.3. The molecule has 1 aliphatic carbocycles. The summed E-state index contributed by atoms with van der Waals surface area (Å²) in [6.07, 6.45) is 4.38. The van der Waals surface area contributed by atoms with Crippen LogP contribution in [0.1, 0.15) is 40.9 Å². The monoisotopic (exact) mass is 303 g/mol. The lowest BCUT2D eigenvalue weighted by molar-refractivity contribution is 0.0698. The van der Waals surface area contributed by atoms with E-state index < -0.39 is 16.0 Å². The van der Waals surface area contributed by atoms with Gasteiger partial charge in [-0.3, -0.25) is 0 Å². The highest BCUT2D eigenvalue weighted by atomic mass is 32.2. The van der Waals surface area contributed by atoms with Crippen molar-refractivity contribution in [3.8, 4) is 0 Å². The van der Waals surface area contributed by atoms with Crippen LogP contribution in [0, 0.1) is 12.8 Å². The minimum absolute atomic E-state index is 0.0846. The van der Waals surface area contributed by atoms with E-state index >= 15 is 0 Å². The molecule has 106 valence electrons. The summed E-state index contributed by atoms with van der Waals surface area (Å²) in [5.41, 5.74) is 0.485. The lowest BCUT2D eigenvalue weighted by Gasteiger charge is -2.25. The smallest absolute Gasteiger partial charge is 0.347 e. The lowest BCUT2D eigenvalue weighted by Crippen LogP contribution is -2.28. The van der Waals surface area contributed by atoms with Gasteiger partial charge in [-0.1, -0.05) is 19.3 Å². The molecule has 5 nitrogen and oxygen atoms in total. The number of sulfonamides is 1. The maximum Gasteiger partial charge on any atom is 0.347 e. The fourth-order valence-corrected chi connectivity index (χ4v) is 4.84. The normalized spacial score (nSPS) is 16.3. The Kier molecular flexibility index (Phi) is 4.27. The van der Waals surface area contributed by atoms with Gasteiger partial charge in [0.05, 0.1) is 0 Å². The lowest BCUT2D eigenvalue weighted by atomic mass is 9.83. The van der Waals surface area contributed by atoms with E-state index in [1.54, 1.807) is 12.3 Å². The number of hydrogen-bond donors (Lipinski definition) is 2. The van der Waals surface area contributed by atoms with Crippen molar-refractivity contribution < 1.29 is 18.3 Å². The maximum atomic E-state index is 12.2. The summed E-state index contributed by atoms with van der Waals surface area (Å²) < 4.78 is 26.8. The third-order valence-electron chi connectivity index (χ3n) is 3.45. The summed E-state index contributed by atoms with van der Waals surface area (Å²) in [5.74, 6) is -0.581. The van der Waals surface area contributed by atoms with Crippen LogP contribution in [-0.4, -0.2) is 26.0 Å². The van der Waals surface area contributed by atoms with Crippen molar-refractivity contribution in [2.45, 2.75) is 37.5 Å². The largest absolute Gasteiger partial charge is 0.477 e. The van der Waals surface area contributed by atoms with E-state index in [-0.39, 0.29) is 9.77 Å². The molecule has 0 atom stereocenters. The van der Waals surface area contributed by atoms with Gasteiger partial charge >= 0.3 is 5.97 Å². The van der Waals surface area contributed by atoms with Gasteiger partial charge in [0.15, 0.2) is 0 Å². The number of hydrogen-bond acceptors (Lipinski definition) is 4. The minimum atomic E-state index is -3.72. The zero-order chi connectivity index (χ0) is 14.0. The van der Waals surface area contributed by atoms with Gasteiger partial charge in [-0.15, -0.1) is 11.3 Å². The molecule has 1 aliphatic rings. The number of carboxylic acid groups (broad SMARTS) is 1. The number of carboxylic acids is 1. The first-order valence-corrected chi connectivity index (χ1v) is 8.59. The number of aromatic carboxylic acids is 1. The van der Waals surface area contributed by atoms with Crippen LogP contribution in [0.3, 0.4) is 0 Å². The predicted octanol–water partition coefficient (Wildman–Crippen LogP) is 2.22. The molecule has 0 radical (unpaired) electrons. The van der Waals surface area contributed by atoms with Crippen LogP contribution in [0.25, 0.3) is 0 Å². The first kappa shape index (κ1) is 14.5. The number of carbonyl (C=O) groups is 1. The number of aryl methyl sites for hydroxylation is 1. The van der Waals surface area contributed by atoms with Crippen LogP contribution < -0.4 is 4.72 Å². The van der Waals surface area contributed by atoms with Crippen LogP contribution in [0.5, 0.6) is 0 Å². The summed E-state index contributed by atoms with van der Waals surface area (Å²) in [7, 11) is -3.72. The van der Waals surface area contributed by atoms with E-state index in [2.05, 4.69) is 4.72 Å². The van der Waals surface area contributed by atoms with Crippen molar-refractivity contribution in [3.05, 3.63) is 15.8 Å². The van der Waals surface area contributed by atoms with Crippen molar-refractivity contribution >= 4 is 27.3 Å². The highest BCUT2D eigenvalue weighted by molar-refractivity contribution is 7.89. The van der Waals surface area contributed by atoms with E-state index in [0.29, 0.717) is 18.0 Å². The van der Waals surface area contributed by atoms with Crippen LogP contribution in [0.2, 0.25) is 0 Å². The maximum absolute atomic E-state index is 12.2. The van der Waals surface area contributed by atoms with Gasteiger partial charge in [0.25, 0.3) is 0 Å². The Balaban J connectivity index is 2.09. The van der Waals surface area contributed by atoms with Gasteiger partial charge in [-0.2, -0.15) is 0 Å². The van der Waals surface area contributed by atoms with Crippen molar-refractivity contribution in [1.29, 1.82) is 0 Å². The van der Waals surface area contributed by atoms with E-state index in [4.69, 9.17) is 5.11 Å². The SMILES string of the molecule is Cc1csc(C(=O)O)c1S(=O)(=O)NCCC1CCC1. The van der Waals surface area contributed by atoms with Crippen molar-refractivity contribution in [3.63, 3.8) is 0 Å². The highest BCUT2D eigenvalue weighted by Gasteiger charge is 2.27. The Morgan fingerprint density at radius 1 is 1.53 bits per heavy atom. The molecule has 0 saturated heterocycles. The van der Waals surface area contributed by atoms with Crippen molar-refractivity contribution in [2.24, 2.45) is 5.92 Å². The van der Waals surface area contributed by atoms with Gasteiger partial charge in [0, 0.05) is 6.54 Å². The van der Waals surface area contributed by atoms with E-state index in [9.17, 15) is 13.2 Å². The molecular weight excluding hydrogens is 286 g/mol. The molecule has 19 heavy (non-hydrogen) atoms. The average molecular weight is 303 g/mol. The first-order valence-electron chi connectivity index (χ1n) is 6.23. The fourth-order valence-electron chi connectivity index (χ4n) is 2.17. The van der Waals surface area contributed by atoms with Crippen LogP contribution in [0.15, 0.2) is 10.3 Å².